The van der Waals surface area contributed by atoms with Gasteiger partial charge in [-0.25, -0.2) is 4.98 Å². The summed E-state index contributed by atoms with van der Waals surface area (Å²) in [5, 5.41) is 6.46. The lowest BCUT2D eigenvalue weighted by Gasteiger charge is -2.31. The first-order chi connectivity index (χ1) is 12.5. The summed E-state index contributed by atoms with van der Waals surface area (Å²) < 4.78 is 1.08. The summed E-state index contributed by atoms with van der Waals surface area (Å²) in [6, 6.07) is 8.45. The van der Waals surface area contributed by atoms with Crippen LogP contribution in [0.3, 0.4) is 0 Å². The fourth-order valence-electron chi connectivity index (χ4n) is 3.45. The van der Waals surface area contributed by atoms with Crippen molar-refractivity contribution >= 4 is 33.2 Å². The van der Waals surface area contributed by atoms with Gasteiger partial charge in [-0.2, -0.15) is 0 Å². The first kappa shape index (κ1) is 19.5. The third-order valence-electron chi connectivity index (χ3n) is 4.85. The molecule has 3 rings (SSSR count). The van der Waals surface area contributed by atoms with E-state index in [1.54, 1.807) is 11.3 Å². The van der Waals surface area contributed by atoms with Gasteiger partial charge < -0.3 is 5.32 Å². The number of nitrogens with zero attached hydrogens (tertiary/aromatic N) is 2. The van der Waals surface area contributed by atoms with Gasteiger partial charge >= 0.3 is 0 Å². The quantitative estimate of drug-likeness (QED) is 0.739. The first-order valence-electron chi connectivity index (χ1n) is 9.18. The van der Waals surface area contributed by atoms with Crippen LogP contribution in [-0.4, -0.2) is 34.9 Å². The SMILES string of the molecule is Cc1nc(CN2CCC(C(=O)NC(C)Cc3ccc(Br)cc3)CC2)cs1. The van der Waals surface area contributed by atoms with Crippen molar-refractivity contribution in [1.82, 2.24) is 15.2 Å². The molecule has 2 aromatic rings. The average Bonchev–Trinajstić information content (AvgIpc) is 3.02. The third kappa shape index (κ3) is 5.63. The Balaban J connectivity index is 1.42. The number of benzene rings is 1. The van der Waals surface area contributed by atoms with Crippen molar-refractivity contribution in [2.75, 3.05) is 13.1 Å². The predicted molar refractivity (Wildman–Crippen MR) is 110 cm³/mol. The Hall–Kier alpha value is -1.24. The molecule has 1 aromatic heterocycles. The molecule has 140 valence electrons. The molecule has 26 heavy (non-hydrogen) atoms. The van der Waals surface area contributed by atoms with E-state index in [9.17, 15) is 4.79 Å². The van der Waals surface area contributed by atoms with Crippen molar-refractivity contribution in [1.29, 1.82) is 0 Å². The van der Waals surface area contributed by atoms with E-state index in [-0.39, 0.29) is 17.9 Å². The van der Waals surface area contributed by atoms with Crippen LogP contribution in [0.1, 0.15) is 36.0 Å². The van der Waals surface area contributed by atoms with E-state index >= 15 is 0 Å². The van der Waals surface area contributed by atoms with Gasteiger partial charge in [0.1, 0.15) is 0 Å². The lowest BCUT2D eigenvalue weighted by Crippen LogP contribution is -2.43. The van der Waals surface area contributed by atoms with E-state index in [1.807, 2.05) is 19.1 Å². The highest BCUT2D eigenvalue weighted by atomic mass is 79.9. The van der Waals surface area contributed by atoms with Gasteiger partial charge in [0.25, 0.3) is 0 Å². The minimum absolute atomic E-state index is 0.135. The summed E-state index contributed by atoms with van der Waals surface area (Å²) in [4.78, 5) is 19.5. The molecule has 1 aliphatic rings. The van der Waals surface area contributed by atoms with Gasteiger partial charge in [0, 0.05) is 28.4 Å². The van der Waals surface area contributed by atoms with Gasteiger partial charge in [0.15, 0.2) is 0 Å². The van der Waals surface area contributed by atoms with Crippen molar-refractivity contribution in [3.8, 4) is 0 Å². The summed E-state index contributed by atoms with van der Waals surface area (Å²) in [6.07, 6.45) is 2.72. The van der Waals surface area contributed by atoms with Crippen molar-refractivity contribution in [3.63, 3.8) is 0 Å². The van der Waals surface area contributed by atoms with E-state index in [1.165, 1.54) is 5.56 Å². The molecule has 2 heterocycles. The molecule has 0 bridgehead atoms. The molecule has 0 spiro atoms. The van der Waals surface area contributed by atoms with Crippen molar-refractivity contribution in [3.05, 3.63) is 50.4 Å². The number of aromatic nitrogens is 1. The molecule has 1 aliphatic heterocycles. The summed E-state index contributed by atoms with van der Waals surface area (Å²) in [7, 11) is 0. The highest BCUT2D eigenvalue weighted by molar-refractivity contribution is 9.10. The summed E-state index contributed by atoms with van der Waals surface area (Å²) in [5.41, 5.74) is 2.40. The Morgan fingerprint density at radius 2 is 2.04 bits per heavy atom. The number of carbonyl (C=O) groups is 1. The fraction of sp³-hybridized carbons (Fsp3) is 0.500. The number of hydrogen-bond acceptors (Lipinski definition) is 4. The molecule has 0 aliphatic carbocycles. The Bertz CT molecular complexity index is 723. The number of nitrogens with one attached hydrogen (secondary N) is 1. The van der Waals surface area contributed by atoms with Crippen LogP contribution >= 0.6 is 27.3 Å². The third-order valence-corrected chi connectivity index (χ3v) is 6.21. The van der Waals surface area contributed by atoms with E-state index in [0.717, 1.165) is 54.1 Å². The lowest BCUT2D eigenvalue weighted by molar-refractivity contribution is -0.127. The smallest absolute Gasteiger partial charge is 0.223 e. The van der Waals surface area contributed by atoms with Crippen LogP contribution in [0.15, 0.2) is 34.1 Å². The molecule has 1 N–H and O–H groups in total. The van der Waals surface area contributed by atoms with Crippen LogP contribution < -0.4 is 5.32 Å². The van der Waals surface area contributed by atoms with Gasteiger partial charge in [-0.05, 0) is 63.9 Å². The summed E-state index contributed by atoms with van der Waals surface area (Å²) in [5.74, 6) is 0.342. The number of carbonyl (C=O) groups excluding carboxylic acids is 1. The van der Waals surface area contributed by atoms with Crippen LogP contribution in [0.4, 0.5) is 0 Å². The maximum absolute atomic E-state index is 12.6. The maximum Gasteiger partial charge on any atom is 0.223 e. The Morgan fingerprint density at radius 3 is 2.65 bits per heavy atom. The summed E-state index contributed by atoms with van der Waals surface area (Å²) >= 11 is 5.16. The molecule has 1 saturated heterocycles. The van der Waals surface area contributed by atoms with Crippen LogP contribution in [0.25, 0.3) is 0 Å². The number of aryl methyl sites for hydroxylation is 1. The first-order valence-corrected chi connectivity index (χ1v) is 10.8. The Morgan fingerprint density at radius 1 is 1.35 bits per heavy atom. The largest absolute Gasteiger partial charge is 0.353 e. The zero-order chi connectivity index (χ0) is 18.5. The molecule has 4 nitrogen and oxygen atoms in total. The second kappa shape index (κ2) is 9.11. The number of rotatable bonds is 6. The van der Waals surface area contributed by atoms with Crippen molar-refractivity contribution in [2.45, 2.75) is 45.7 Å². The second-order valence-corrected chi connectivity index (χ2v) is 9.13. The van der Waals surface area contributed by atoms with Crippen LogP contribution in [0.5, 0.6) is 0 Å². The minimum atomic E-state index is 0.135. The Labute approximate surface area is 168 Å². The van der Waals surface area contributed by atoms with Crippen molar-refractivity contribution in [2.24, 2.45) is 5.92 Å². The van der Waals surface area contributed by atoms with Gasteiger partial charge in [0.2, 0.25) is 5.91 Å². The molecule has 1 atom stereocenters. The molecule has 1 aromatic carbocycles. The number of amides is 1. The van der Waals surface area contributed by atoms with E-state index in [0.29, 0.717) is 0 Å². The zero-order valence-corrected chi connectivity index (χ0v) is 17.8. The highest BCUT2D eigenvalue weighted by Crippen LogP contribution is 2.20. The number of piperidine rings is 1. The van der Waals surface area contributed by atoms with E-state index < -0.39 is 0 Å². The highest BCUT2D eigenvalue weighted by Gasteiger charge is 2.26. The monoisotopic (exact) mass is 435 g/mol. The molecule has 1 unspecified atom stereocenters. The Kier molecular flexibility index (Phi) is 6.84. The zero-order valence-electron chi connectivity index (χ0n) is 15.4. The number of halogens is 1. The van der Waals surface area contributed by atoms with E-state index in [2.05, 4.69) is 55.6 Å². The second-order valence-electron chi connectivity index (χ2n) is 7.15. The standard InChI is InChI=1S/C20H26BrN3OS/c1-14(11-16-3-5-18(21)6-4-16)22-20(25)17-7-9-24(10-8-17)12-19-13-26-15(2)23-19/h3-6,13-14,17H,7-12H2,1-2H3,(H,22,25). The average molecular weight is 436 g/mol. The van der Waals surface area contributed by atoms with Crippen LogP contribution in [-0.2, 0) is 17.8 Å². The number of thiazole rings is 1. The molecular formula is C20H26BrN3OS. The lowest BCUT2D eigenvalue weighted by atomic mass is 9.95. The normalized spacial score (nSPS) is 17.2. The van der Waals surface area contributed by atoms with Gasteiger partial charge in [0.05, 0.1) is 10.7 Å². The topological polar surface area (TPSA) is 45.2 Å². The number of hydrogen-bond donors (Lipinski definition) is 1. The molecular weight excluding hydrogens is 410 g/mol. The predicted octanol–water partition coefficient (Wildman–Crippen LogP) is 4.17. The number of likely N-dealkylation sites (tertiary alicyclic amines) is 1. The van der Waals surface area contributed by atoms with Gasteiger partial charge in [-0.1, -0.05) is 28.1 Å². The maximum atomic E-state index is 12.6. The summed E-state index contributed by atoms with van der Waals surface area (Å²) in [6.45, 7) is 6.96. The van der Waals surface area contributed by atoms with Crippen LogP contribution in [0.2, 0.25) is 0 Å². The molecule has 0 saturated carbocycles. The molecule has 0 radical (unpaired) electrons. The molecule has 6 heteroatoms. The molecule has 1 fully saturated rings. The van der Waals surface area contributed by atoms with Crippen molar-refractivity contribution < 1.29 is 4.79 Å². The van der Waals surface area contributed by atoms with Gasteiger partial charge in [-0.3, -0.25) is 9.69 Å². The fourth-order valence-corrected chi connectivity index (χ4v) is 4.32. The van der Waals surface area contributed by atoms with E-state index in [4.69, 9.17) is 0 Å². The molecule has 1 amide bonds. The van der Waals surface area contributed by atoms with Gasteiger partial charge in [-0.15, -0.1) is 11.3 Å². The minimum Gasteiger partial charge on any atom is -0.353 e. The van der Waals surface area contributed by atoms with Crippen LogP contribution in [0, 0.1) is 12.8 Å².